The van der Waals surface area contributed by atoms with Crippen LogP contribution in [-0.4, -0.2) is 40.6 Å². The number of nitrogens with one attached hydrogen (secondary N) is 1. The van der Waals surface area contributed by atoms with E-state index >= 15 is 0 Å². The van der Waals surface area contributed by atoms with E-state index in [-0.39, 0.29) is 6.04 Å². The van der Waals surface area contributed by atoms with Crippen molar-refractivity contribution in [1.29, 1.82) is 0 Å². The van der Waals surface area contributed by atoms with Gasteiger partial charge in [-0.2, -0.15) is 10.2 Å². The summed E-state index contributed by atoms with van der Waals surface area (Å²) in [6.45, 7) is 2.89. The molecule has 0 bridgehead atoms. The molecule has 0 fully saturated rings. The molecule has 22 heavy (non-hydrogen) atoms. The van der Waals surface area contributed by atoms with Crippen molar-refractivity contribution in [3.05, 3.63) is 24.2 Å². The van der Waals surface area contributed by atoms with E-state index in [0.29, 0.717) is 0 Å². The lowest BCUT2D eigenvalue weighted by molar-refractivity contribution is 0.440. The molecule has 0 saturated carbocycles. The first-order chi connectivity index (χ1) is 10.7. The van der Waals surface area contributed by atoms with Crippen molar-refractivity contribution >= 4 is 16.9 Å². The fourth-order valence-corrected chi connectivity index (χ4v) is 2.90. The van der Waals surface area contributed by atoms with Gasteiger partial charge in [0.2, 0.25) is 0 Å². The fourth-order valence-electron chi connectivity index (χ4n) is 2.90. The molecule has 0 radical (unpaired) electrons. The van der Waals surface area contributed by atoms with Crippen LogP contribution in [0.2, 0.25) is 0 Å². The topological polar surface area (TPSA) is 86.3 Å². The lowest BCUT2D eigenvalue weighted by atomic mass is 10.1. The summed E-state index contributed by atoms with van der Waals surface area (Å²) in [6.07, 6.45) is 6.21. The number of rotatable bonds is 3. The summed E-state index contributed by atoms with van der Waals surface area (Å²) in [5, 5.41) is 13.3. The Kier molecular flexibility index (Phi) is 3.02. The van der Waals surface area contributed by atoms with Crippen LogP contribution in [0.4, 0.5) is 5.82 Å². The van der Waals surface area contributed by atoms with E-state index in [1.807, 2.05) is 11.7 Å². The maximum atomic E-state index is 4.55. The lowest BCUT2D eigenvalue weighted by Gasteiger charge is -2.24. The summed E-state index contributed by atoms with van der Waals surface area (Å²) in [5.41, 5.74) is 0.836. The Labute approximate surface area is 127 Å². The Balaban J connectivity index is 1.58. The van der Waals surface area contributed by atoms with E-state index in [0.717, 1.165) is 54.3 Å². The van der Waals surface area contributed by atoms with Gasteiger partial charge in [0, 0.05) is 25.9 Å². The molecule has 4 rings (SSSR count). The Bertz CT molecular complexity index is 817. The molecular weight excluding hydrogens is 280 g/mol. The van der Waals surface area contributed by atoms with Gasteiger partial charge in [0.25, 0.3) is 0 Å². The minimum absolute atomic E-state index is 0.289. The van der Waals surface area contributed by atoms with Gasteiger partial charge in [-0.1, -0.05) is 6.92 Å². The van der Waals surface area contributed by atoms with Gasteiger partial charge < -0.3 is 5.32 Å². The molecule has 4 heterocycles. The van der Waals surface area contributed by atoms with Crippen LogP contribution in [-0.2, 0) is 26.4 Å². The van der Waals surface area contributed by atoms with E-state index in [1.165, 1.54) is 0 Å². The van der Waals surface area contributed by atoms with Crippen LogP contribution in [0.5, 0.6) is 0 Å². The Morgan fingerprint density at radius 3 is 3.14 bits per heavy atom. The Morgan fingerprint density at radius 2 is 2.27 bits per heavy atom. The molecule has 1 aliphatic rings. The molecule has 8 heteroatoms. The van der Waals surface area contributed by atoms with Crippen LogP contribution in [0.3, 0.4) is 0 Å². The van der Waals surface area contributed by atoms with Crippen molar-refractivity contribution in [3.63, 3.8) is 0 Å². The molecule has 0 unspecified atom stereocenters. The first-order valence-electron chi connectivity index (χ1n) is 7.56. The monoisotopic (exact) mass is 298 g/mol. The number of nitrogens with zero attached hydrogens (tertiary/aromatic N) is 7. The minimum atomic E-state index is 0.289. The molecule has 0 aliphatic carbocycles. The average Bonchev–Trinajstić information content (AvgIpc) is 3.11. The molecule has 114 valence electrons. The second kappa shape index (κ2) is 5.04. The van der Waals surface area contributed by atoms with E-state index in [2.05, 4.69) is 37.4 Å². The van der Waals surface area contributed by atoms with Gasteiger partial charge in [-0.25, -0.2) is 19.6 Å². The van der Waals surface area contributed by atoms with Gasteiger partial charge in [0.05, 0.1) is 18.1 Å². The van der Waals surface area contributed by atoms with E-state index in [1.54, 1.807) is 17.2 Å². The summed E-state index contributed by atoms with van der Waals surface area (Å²) in [6, 6.07) is 0.289. The molecule has 0 amide bonds. The molecule has 3 aromatic rings. The normalized spacial score (nSPS) is 17.6. The Morgan fingerprint density at radius 1 is 1.36 bits per heavy atom. The number of aromatic nitrogens is 7. The molecule has 3 aromatic heterocycles. The van der Waals surface area contributed by atoms with Crippen molar-refractivity contribution in [2.45, 2.75) is 38.8 Å². The van der Waals surface area contributed by atoms with Crippen molar-refractivity contribution < 1.29 is 0 Å². The average molecular weight is 298 g/mol. The standard InChI is InChI=1S/C14H18N8/c1-3-11-19-12-5-4-9(7-22(12)20-11)18-13-10-6-17-21(2)14(10)16-8-15-13/h6,8-9H,3-5,7H2,1-2H3,(H,15,16,18)/t9-/m0/s1. The van der Waals surface area contributed by atoms with Crippen molar-refractivity contribution in [3.8, 4) is 0 Å². The van der Waals surface area contributed by atoms with Gasteiger partial charge in [0.15, 0.2) is 11.5 Å². The first kappa shape index (κ1) is 13.2. The quantitative estimate of drug-likeness (QED) is 0.774. The molecule has 0 aromatic carbocycles. The van der Waals surface area contributed by atoms with Crippen LogP contribution in [0, 0.1) is 0 Å². The second-order valence-corrected chi connectivity index (χ2v) is 5.59. The highest BCUT2D eigenvalue weighted by Gasteiger charge is 2.22. The van der Waals surface area contributed by atoms with Gasteiger partial charge in [-0.05, 0) is 6.42 Å². The number of hydrogen-bond donors (Lipinski definition) is 1. The first-order valence-corrected chi connectivity index (χ1v) is 7.56. The third-order valence-corrected chi connectivity index (χ3v) is 4.09. The summed E-state index contributed by atoms with van der Waals surface area (Å²) in [4.78, 5) is 13.2. The second-order valence-electron chi connectivity index (χ2n) is 5.59. The zero-order valence-corrected chi connectivity index (χ0v) is 12.7. The summed E-state index contributed by atoms with van der Waals surface area (Å²) in [7, 11) is 1.88. The number of aryl methyl sites for hydroxylation is 3. The van der Waals surface area contributed by atoms with E-state index < -0.39 is 0 Å². The fraction of sp³-hybridized carbons (Fsp3) is 0.500. The maximum absolute atomic E-state index is 4.55. The minimum Gasteiger partial charge on any atom is -0.365 e. The summed E-state index contributed by atoms with van der Waals surface area (Å²) >= 11 is 0. The Hall–Kier alpha value is -2.51. The van der Waals surface area contributed by atoms with Crippen LogP contribution in [0.15, 0.2) is 12.5 Å². The number of anilines is 1. The molecule has 0 saturated heterocycles. The maximum Gasteiger partial charge on any atom is 0.163 e. The molecule has 1 N–H and O–H groups in total. The van der Waals surface area contributed by atoms with E-state index in [4.69, 9.17) is 0 Å². The van der Waals surface area contributed by atoms with Gasteiger partial charge in [0.1, 0.15) is 18.0 Å². The van der Waals surface area contributed by atoms with Crippen LogP contribution in [0.25, 0.3) is 11.0 Å². The smallest absolute Gasteiger partial charge is 0.163 e. The summed E-state index contributed by atoms with van der Waals surface area (Å²) in [5.74, 6) is 2.85. The van der Waals surface area contributed by atoms with Crippen molar-refractivity contribution in [1.82, 2.24) is 34.5 Å². The highest BCUT2D eigenvalue weighted by atomic mass is 15.4. The summed E-state index contributed by atoms with van der Waals surface area (Å²) < 4.78 is 3.77. The molecule has 1 aliphatic heterocycles. The van der Waals surface area contributed by atoms with Crippen molar-refractivity contribution in [2.24, 2.45) is 7.05 Å². The van der Waals surface area contributed by atoms with Gasteiger partial charge >= 0.3 is 0 Å². The predicted octanol–water partition coefficient (Wildman–Crippen LogP) is 0.944. The highest BCUT2D eigenvalue weighted by Crippen LogP contribution is 2.22. The largest absolute Gasteiger partial charge is 0.365 e. The number of hydrogen-bond acceptors (Lipinski definition) is 6. The predicted molar refractivity (Wildman–Crippen MR) is 81.4 cm³/mol. The SMILES string of the molecule is CCc1nc2n(n1)C[C@@H](Nc1ncnc3c1cnn3C)CC2. The van der Waals surface area contributed by atoms with Crippen molar-refractivity contribution in [2.75, 3.05) is 5.32 Å². The van der Waals surface area contributed by atoms with E-state index in [9.17, 15) is 0 Å². The number of fused-ring (bicyclic) bond motifs is 2. The third-order valence-electron chi connectivity index (χ3n) is 4.09. The third kappa shape index (κ3) is 2.11. The highest BCUT2D eigenvalue weighted by molar-refractivity contribution is 5.86. The zero-order chi connectivity index (χ0) is 15.1. The zero-order valence-electron chi connectivity index (χ0n) is 12.7. The molecule has 1 atom stereocenters. The molecule has 8 nitrogen and oxygen atoms in total. The van der Waals surface area contributed by atoms with Gasteiger partial charge in [-0.3, -0.25) is 4.68 Å². The van der Waals surface area contributed by atoms with Gasteiger partial charge in [-0.15, -0.1) is 0 Å². The lowest BCUT2D eigenvalue weighted by Crippen LogP contribution is -2.32. The van der Waals surface area contributed by atoms with Crippen LogP contribution >= 0.6 is 0 Å². The molecule has 0 spiro atoms. The van der Waals surface area contributed by atoms with Crippen LogP contribution in [0.1, 0.15) is 25.0 Å². The van der Waals surface area contributed by atoms with Crippen LogP contribution < -0.4 is 5.32 Å². The molecular formula is C14H18N8.